The highest BCUT2D eigenvalue weighted by Gasteiger charge is 2.39. The first-order valence-electron chi connectivity index (χ1n) is 5.44. The van der Waals surface area contributed by atoms with Crippen molar-refractivity contribution in [1.29, 1.82) is 0 Å². The molecule has 1 atom stereocenters. The average Bonchev–Trinajstić information content (AvgIpc) is 2.84. The molecule has 0 radical (unpaired) electrons. The number of nitrogens with zero attached hydrogens (tertiary/aromatic N) is 3. The molecular weight excluding hydrogens is 224 g/mol. The van der Waals surface area contributed by atoms with E-state index in [1.54, 1.807) is 0 Å². The molecule has 0 aliphatic carbocycles. The van der Waals surface area contributed by atoms with Crippen LogP contribution < -0.4 is 5.32 Å². The largest absolute Gasteiger partial charge is 0.343 e. The number of rotatable bonds is 4. The van der Waals surface area contributed by atoms with E-state index < -0.39 is 6.04 Å². The van der Waals surface area contributed by atoms with Gasteiger partial charge in [0.05, 0.1) is 19.0 Å². The lowest BCUT2D eigenvalue weighted by molar-refractivity contribution is -0.140. The smallest absolute Gasteiger partial charge is 0.247 e. The Morgan fingerprint density at radius 2 is 2.35 bits per heavy atom. The summed E-state index contributed by atoms with van der Waals surface area (Å²) >= 11 is 0. The lowest BCUT2D eigenvalue weighted by atomic mass is 10.2. The second-order valence-corrected chi connectivity index (χ2v) is 4.18. The van der Waals surface area contributed by atoms with Gasteiger partial charge in [0.25, 0.3) is 0 Å². The number of hydrogen-bond donors (Lipinski definition) is 1. The Kier molecular flexibility index (Phi) is 3.19. The van der Waals surface area contributed by atoms with Gasteiger partial charge < -0.3 is 4.52 Å². The fourth-order valence-electron chi connectivity index (χ4n) is 1.84. The fraction of sp³-hybridized carbons (Fsp3) is 0.600. The van der Waals surface area contributed by atoms with Gasteiger partial charge in [-0.2, -0.15) is 4.98 Å². The van der Waals surface area contributed by atoms with E-state index in [2.05, 4.69) is 20.0 Å². The molecule has 1 unspecified atom stereocenters. The van der Waals surface area contributed by atoms with Crippen LogP contribution in [0.5, 0.6) is 0 Å². The van der Waals surface area contributed by atoms with Crippen molar-refractivity contribution in [3.63, 3.8) is 0 Å². The van der Waals surface area contributed by atoms with Crippen LogP contribution in [0.4, 0.5) is 0 Å². The normalized spacial score (nSPS) is 20.6. The second kappa shape index (κ2) is 4.62. The summed E-state index contributed by atoms with van der Waals surface area (Å²) in [6.45, 7) is 3.95. The van der Waals surface area contributed by atoms with Crippen LogP contribution in [0, 0.1) is 0 Å². The monoisotopic (exact) mass is 238 g/mol. The molecule has 7 nitrogen and oxygen atoms in total. The van der Waals surface area contributed by atoms with Crippen LogP contribution in [-0.4, -0.2) is 38.9 Å². The van der Waals surface area contributed by atoms with Crippen molar-refractivity contribution in [3.05, 3.63) is 12.2 Å². The molecule has 92 valence electrons. The third-order valence-electron chi connectivity index (χ3n) is 2.61. The summed E-state index contributed by atoms with van der Waals surface area (Å²) in [5.41, 5.74) is 0. The van der Waals surface area contributed by atoms with Crippen LogP contribution in [0.25, 0.3) is 0 Å². The third kappa shape index (κ3) is 2.33. The molecule has 1 aliphatic rings. The van der Waals surface area contributed by atoms with Crippen molar-refractivity contribution in [2.75, 3.05) is 0 Å². The second-order valence-electron chi connectivity index (χ2n) is 4.18. The van der Waals surface area contributed by atoms with E-state index in [1.807, 2.05) is 13.8 Å². The van der Waals surface area contributed by atoms with Gasteiger partial charge in [0.1, 0.15) is 0 Å². The number of likely N-dealkylation sites (tertiary alicyclic amines) is 1. The zero-order chi connectivity index (χ0) is 12.4. The highest BCUT2D eigenvalue weighted by atomic mass is 16.5. The van der Waals surface area contributed by atoms with Crippen LogP contribution in [0.3, 0.4) is 0 Å². The maximum atomic E-state index is 11.9. The molecule has 7 heteroatoms. The summed E-state index contributed by atoms with van der Waals surface area (Å²) in [6.07, 6.45) is 1.41. The van der Waals surface area contributed by atoms with Crippen molar-refractivity contribution >= 4 is 11.8 Å². The summed E-state index contributed by atoms with van der Waals surface area (Å²) in [5, 5.41) is 6.57. The predicted molar refractivity (Wildman–Crippen MR) is 56.5 cm³/mol. The third-order valence-corrected chi connectivity index (χ3v) is 2.61. The lowest BCUT2D eigenvalue weighted by Gasteiger charge is -2.18. The van der Waals surface area contributed by atoms with E-state index in [4.69, 9.17) is 0 Å². The van der Waals surface area contributed by atoms with E-state index in [9.17, 15) is 9.59 Å². The molecule has 2 amide bonds. The van der Waals surface area contributed by atoms with Crippen molar-refractivity contribution in [1.82, 2.24) is 20.4 Å². The average molecular weight is 238 g/mol. The molecule has 0 saturated carbocycles. The molecule has 2 heterocycles. The Labute approximate surface area is 98.2 Å². The molecule has 0 aromatic carbocycles. The Bertz CT molecular complexity index is 415. The van der Waals surface area contributed by atoms with Gasteiger partial charge in [-0.1, -0.05) is 5.16 Å². The Hall–Kier alpha value is -1.76. The molecule has 17 heavy (non-hydrogen) atoms. The molecule has 1 aromatic rings. The molecule has 0 spiro atoms. The van der Waals surface area contributed by atoms with Crippen molar-refractivity contribution in [3.8, 4) is 0 Å². The molecule has 1 fully saturated rings. The minimum atomic E-state index is -0.483. The first-order chi connectivity index (χ1) is 8.09. The van der Waals surface area contributed by atoms with Crippen LogP contribution in [0.1, 0.15) is 26.1 Å². The summed E-state index contributed by atoms with van der Waals surface area (Å²) in [6, 6.07) is -0.588. The Morgan fingerprint density at radius 1 is 1.59 bits per heavy atom. The molecule has 1 aromatic heterocycles. The van der Waals surface area contributed by atoms with E-state index in [0.717, 1.165) is 0 Å². The Morgan fingerprint density at radius 3 is 2.88 bits per heavy atom. The van der Waals surface area contributed by atoms with Gasteiger partial charge in [-0.15, -0.1) is 0 Å². The zero-order valence-corrected chi connectivity index (χ0v) is 9.71. The molecule has 1 saturated heterocycles. The van der Waals surface area contributed by atoms with Gasteiger partial charge in [-0.05, 0) is 13.8 Å². The highest BCUT2D eigenvalue weighted by Crippen LogP contribution is 2.16. The van der Waals surface area contributed by atoms with Gasteiger partial charge in [0.15, 0.2) is 5.82 Å². The molecule has 1 N–H and O–H groups in total. The number of aromatic nitrogens is 2. The van der Waals surface area contributed by atoms with Crippen molar-refractivity contribution in [2.45, 2.75) is 38.9 Å². The molecular formula is C10H14N4O3. The summed E-state index contributed by atoms with van der Waals surface area (Å²) < 4.78 is 4.57. The standard InChI is InChI=1S/C10H14N4O3/c1-6(2)14-9(15)3-7(10(14)16)11-4-8-12-5-17-13-8/h5-7,11H,3-4H2,1-2H3. The maximum absolute atomic E-state index is 11.9. The molecule has 2 rings (SSSR count). The number of amides is 2. The number of hydrogen-bond acceptors (Lipinski definition) is 6. The predicted octanol–water partition coefficient (Wildman–Crippen LogP) is -0.305. The van der Waals surface area contributed by atoms with Crippen LogP contribution in [0.2, 0.25) is 0 Å². The van der Waals surface area contributed by atoms with Gasteiger partial charge in [-0.3, -0.25) is 19.8 Å². The fourth-order valence-corrected chi connectivity index (χ4v) is 1.84. The highest BCUT2D eigenvalue weighted by molar-refractivity contribution is 6.05. The van der Waals surface area contributed by atoms with Crippen molar-refractivity contribution < 1.29 is 14.1 Å². The zero-order valence-electron chi connectivity index (χ0n) is 9.71. The summed E-state index contributed by atoms with van der Waals surface area (Å²) in [4.78, 5) is 28.6. The number of carbonyl (C=O) groups excluding carboxylic acids is 2. The van der Waals surface area contributed by atoms with Gasteiger partial charge in [0.2, 0.25) is 18.2 Å². The topological polar surface area (TPSA) is 88.3 Å². The van der Waals surface area contributed by atoms with E-state index in [-0.39, 0.29) is 24.3 Å². The minimum absolute atomic E-state index is 0.105. The van der Waals surface area contributed by atoms with Crippen LogP contribution in [0.15, 0.2) is 10.9 Å². The first kappa shape index (κ1) is 11.7. The quantitative estimate of drug-likeness (QED) is 0.724. The SMILES string of the molecule is CC(C)N1C(=O)CC(NCc2ncon2)C1=O. The number of nitrogens with one attached hydrogen (secondary N) is 1. The minimum Gasteiger partial charge on any atom is -0.343 e. The first-order valence-corrected chi connectivity index (χ1v) is 5.44. The van der Waals surface area contributed by atoms with E-state index >= 15 is 0 Å². The van der Waals surface area contributed by atoms with Gasteiger partial charge in [0, 0.05) is 6.04 Å². The van der Waals surface area contributed by atoms with E-state index in [0.29, 0.717) is 12.4 Å². The number of imide groups is 1. The van der Waals surface area contributed by atoms with Crippen molar-refractivity contribution in [2.24, 2.45) is 0 Å². The van der Waals surface area contributed by atoms with Crippen LogP contribution >= 0.6 is 0 Å². The summed E-state index contributed by atoms with van der Waals surface area (Å²) in [5.74, 6) is 0.136. The van der Waals surface area contributed by atoms with Gasteiger partial charge >= 0.3 is 0 Å². The lowest BCUT2D eigenvalue weighted by Crippen LogP contribution is -2.41. The van der Waals surface area contributed by atoms with Crippen LogP contribution in [-0.2, 0) is 16.1 Å². The maximum Gasteiger partial charge on any atom is 0.247 e. The molecule has 1 aliphatic heterocycles. The van der Waals surface area contributed by atoms with E-state index in [1.165, 1.54) is 11.3 Å². The van der Waals surface area contributed by atoms with Gasteiger partial charge in [-0.25, -0.2) is 0 Å². The molecule has 0 bridgehead atoms. The number of carbonyl (C=O) groups is 2. The summed E-state index contributed by atoms with van der Waals surface area (Å²) in [7, 11) is 0. The Balaban J connectivity index is 1.95.